The summed E-state index contributed by atoms with van der Waals surface area (Å²) in [5.74, 6) is 0.948. The zero-order chi connectivity index (χ0) is 7.61. The largest absolute Gasteiger partial charge is 0.232 e. The maximum atomic E-state index is 10.4. The summed E-state index contributed by atoms with van der Waals surface area (Å²) in [6, 6.07) is 0. The second kappa shape index (κ2) is 3.09. The van der Waals surface area contributed by atoms with Crippen LogP contribution in [0.1, 0.15) is 25.7 Å². The van der Waals surface area contributed by atoms with E-state index in [1.807, 2.05) is 0 Å². The molecule has 0 radical (unpaired) electrons. The summed E-state index contributed by atoms with van der Waals surface area (Å²) in [6.45, 7) is 0. The van der Waals surface area contributed by atoms with E-state index < -0.39 is 9.05 Å². The molecule has 0 bridgehead atoms. The quantitative estimate of drug-likeness (QED) is 0.621. The minimum Gasteiger partial charge on any atom is -0.212 e. The molecular weight excluding hydrogens is 172 g/mol. The van der Waals surface area contributed by atoms with Crippen LogP contribution in [0.5, 0.6) is 0 Å². The first-order valence-electron chi connectivity index (χ1n) is 3.50. The molecule has 0 aromatic heterocycles. The van der Waals surface area contributed by atoms with E-state index in [-0.39, 0.29) is 5.75 Å². The Balaban J connectivity index is 2.04. The molecule has 0 atom stereocenters. The summed E-state index contributed by atoms with van der Waals surface area (Å²) in [6.07, 6.45) is 4.33. The Morgan fingerprint density at radius 1 is 1.40 bits per heavy atom. The van der Waals surface area contributed by atoms with E-state index in [0.717, 1.165) is 18.8 Å². The van der Waals surface area contributed by atoms with Gasteiger partial charge in [0.05, 0.1) is 5.75 Å². The Hall–Kier alpha value is 0.240. The monoisotopic (exact) mass is 182 g/mol. The molecule has 0 aromatic carbocycles. The molecule has 0 amide bonds. The molecule has 60 valence electrons. The van der Waals surface area contributed by atoms with E-state index >= 15 is 0 Å². The van der Waals surface area contributed by atoms with Crippen molar-refractivity contribution in [3.8, 4) is 0 Å². The smallest absolute Gasteiger partial charge is 0.212 e. The van der Waals surface area contributed by atoms with Crippen LogP contribution in [0.3, 0.4) is 0 Å². The maximum Gasteiger partial charge on any atom is 0.232 e. The highest BCUT2D eigenvalue weighted by molar-refractivity contribution is 8.13. The summed E-state index contributed by atoms with van der Waals surface area (Å²) in [7, 11) is 1.79. The SMILES string of the molecule is O=S(=O)(Cl)CCCC1CC1. The first-order chi connectivity index (χ1) is 4.58. The predicted molar refractivity (Wildman–Crippen MR) is 41.6 cm³/mol. The minimum atomic E-state index is -3.22. The van der Waals surface area contributed by atoms with Gasteiger partial charge >= 0.3 is 0 Å². The van der Waals surface area contributed by atoms with Gasteiger partial charge in [0.1, 0.15) is 0 Å². The van der Waals surface area contributed by atoms with Gasteiger partial charge in [-0.05, 0) is 18.8 Å². The standard InChI is InChI=1S/C6H11ClO2S/c7-10(8,9)5-1-2-6-3-4-6/h6H,1-5H2. The van der Waals surface area contributed by atoms with Gasteiger partial charge in [-0.25, -0.2) is 8.42 Å². The van der Waals surface area contributed by atoms with Crippen LogP contribution in [-0.4, -0.2) is 14.2 Å². The first-order valence-corrected chi connectivity index (χ1v) is 5.98. The van der Waals surface area contributed by atoms with Crippen LogP contribution in [0.25, 0.3) is 0 Å². The molecule has 2 nitrogen and oxygen atoms in total. The molecule has 0 N–H and O–H groups in total. The fourth-order valence-corrected chi connectivity index (χ4v) is 1.79. The van der Waals surface area contributed by atoms with Gasteiger partial charge in [0.15, 0.2) is 0 Å². The highest BCUT2D eigenvalue weighted by Gasteiger charge is 2.21. The Kier molecular flexibility index (Phi) is 2.58. The van der Waals surface area contributed by atoms with Gasteiger partial charge in [0.25, 0.3) is 0 Å². The molecule has 0 spiro atoms. The van der Waals surface area contributed by atoms with Crippen LogP contribution in [0.2, 0.25) is 0 Å². The second-order valence-corrected chi connectivity index (χ2v) is 5.73. The van der Waals surface area contributed by atoms with Gasteiger partial charge in [0.2, 0.25) is 9.05 Å². The fourth-order valence-electron chi connectivity index (χ4n) is 0.951. The molecule has 10 heavy (non-hydrogen) atoms. The molecule has 1 rings (SSSR count). The Bertz CT molecular complexity index is 194. The topological polar surface area (TPSA) is 34.1 Å². The minimum absolute atomic E-state index is 0.144. The molecule has 0 saturated heterocycles. The van der Waals surface area contributed by atoms with Gasteiger partial charge in [-0.3, -0.25) is 0 Å². The van der Waals surface area contributed by atoms with Crippen LogP contribution in [0.15, 0.2) is 0 Å². The van der Waals surface area contributed by atoms with Crippen molar-refractivity contribution in [3.05, 3.63) is 0 Å². The van der Waals surface area contributed by atoms with Gasteiger partial charge in [-0.2, -0.15) is 0 Å². The lowest BCUT2D eigenvalue weighted by molar-refractivity contribution is 0.602. The highest BCUT2D eigenvalue weighted by Crippen LogP contribution is 2.33. The molecule has 1 saturated carbocycles. The van der Waals surface area contributed by atoms with Gasteiger partial charge < -0.3 is 0 Å². The lowest BCUT2D eigenvalue weighted by Crippen LogP contribution is -1.96. The van der Waals surface area contributed by atoms with E-state index in [1.165, 1.54) is 12.8 Å². The molecule has 1 aliphatic rings. The van der Waals surface area contributed by atoms with E-state index in [0.29, 0.717) is 0 Å². The van der Waals surface area contributed by atoms with Crippen molar-refractivity contribution in [1.29, 1.82) is 0 Å². The summed E-state index contributed by atoms with van der Waals surface area (Å²) in [5, 5.41) is 0. The van der Waals surface area contributed by atoms with Gasteiger partial charge in [-0.1, -0.05) is 12.8 Å². The molecule has 1 aliphatic carbocycles. The van der Waals surface area contributed by atoms with E-state index in [2.05, 4.69) is 0 Å². The molecular formula is C6H11ClO2S. The van der Waals surface area contributed by atoms with Crippen LogP contribution in [0.4, 0.5) is 0 Å². The first kappa shape index (κ1) is 8.34. The van der Waals surface area contributed by atoms with Crippen LogP contribution >= 0.6 is 10.7 Å². The van der Waals surface area contributed by atoms with E-state index in [9.17, 15) is 8.42 Å². The molecule has 0 aromatic rings. The summed E-state index contributed by atoms with van der Waals surface area (Å²) in [4.78, 5) is 0. The zero-order valence-corrected chi connectivity index (χ0v) is 7.29. The molecule has 4 heteroatoms. The van der Waals surface area contributed by atoms with E-state index in [1.54, 1.807) is 0 Å². The number of rotatable bonds is 4. The average molecular weight is 183 g/mol. The van der Waals surface area contributed by atoms with E-state index in [4.69, 9.17) is 10.7 Å². The van der Waals surface area contributed by atoms with Crippen molar-refractivity contribution < 1.29 is 8.42 Å². The zero-order valence-electron chi connectivity index (χ0n) is 5.72. The molecule has 0 heterocycles. The van der Waals surface area contributed by atoms with Crippen molar-refractivity contribution >= 4 is 19.7 Å². The lowest BCUT2D eigenvalue weighted by atomic mass is 10.2. The molecule has 0 unspecified atom stereocenters. The van der Waals surface area contributed by atoms with Crippen LogP contribution in [0, 0.1) is 5.92 Å². The predicted octanol–water partition coefficient (Wildman–Crippen LogP) is 1.75. The summed E-state index contributed by atoms with van der Waals surface area (Å²) in [5.41, 5.74) is 0. The van der Waals surface area contributed by atoms with Crippen LogP contribution < -0.4 is 0 Å². The van der Waals surface area contributed by atoms with Crippen molar-refractivity contribution in [2.24, 2.45) is 5.92 Å². The third-order valence-corrected chi connectivity index (χ3v) is 2.94. The Labute approximate surface area is 66.0 Å². The fraction of sp³-hybridized carbons (Fsp3) is 1.00. The number of halogens is 1. The third kappa shape index (κ3) is 4.12. The second-order valence-electron chi connectivity index (χ2n) is 2.83. The number of hydrogen-bond donors (Lipinski definition) is 0. The highest BCUT2D eigenvalue weighted by atomic mass is 35.7. The van der Waals surface area contributed by atoms with Crippen LogP contribution in [-0.2, 0) is 9.05 Å². The maximum absolute atomic E-state index is 10.4. The number of hydrogen-bond acceptors (Lipinski definition) is 2. The summed E-state index contributed by atoms with van der Waals surface area (Å²) < 4.78 is 20.8. The molecule has 0 aliphatic heterocycles. The van der Waals surface area contributed by atoms with Crippen molar-refractivity contribution in [3.63, 3.8) is 0 Å². The third-order valence-electron chi connectivity index (χ3n) is 1.70. The Morgan fingerprint density at radius 2 is 2.00 bits per heavy atom. The Morgan fingerprint density at radius 3 is 2.40 bits per heavy atom. The molecule has 1 fully saturated rings. The normalized spacial score (nSPS) is 19.3. The lowest BCUT2D eigenvalue weighted by Gasteiger charge is -1.93. The van der Waals surface area contributed by atoms with Gasteiger partial charge in [0, 0.05) is 10.7 Å². The van der Waals surface area contributed by atoms with Gasteiger partial charge in [-0.15, -0.1) is 0 Å². The average Bonchev–Trinajstić information content (AvgIpc) is 2.45. The summed E-state index contributed by atoms with van der Waals surface area (Å²) >= 11 is 0. The van der Waals surface area contributed by atoms with Crippen molar-refractivity contribution in [2.45, 2.75) is 25.7 Å². The van der Waals surface area contributed by atoms with Crippen molar-refractivity contribution in [1.82, 2.24) is 0 Å². The van der Waals surface area contributed by atoms with Crippen molar-refractivity contribution in [2.75, 3.05) is 5.75 Å².